The van der Waals surface area contributed by atoms with E-state index in [2.05, 4.69) is 4.72 Å². The number of benzene rings is 4. The average Bonchev–Trinajstić information content (AvgIpc) is 3.39. The van der Waals surface area contributed by atoms with E-state index in [4.69, 9.17) is 42.7 Å². The topological polar surface area (TPSA) is 106 Å². The molecule has 5 rings (SSSR count). The van der Waals surface area contributed by atoms with E-state index < -0.39 is 21.7 Å². The second kappa shape index (κ2) is 12.6. The molecule has 0 fully saturated rings. The second-order valence-electron chi connectivity index (χ2n) is 9.99. The van der Waals surface area contributed by atoms with Crippen LogP contribution in [-0.2, 0) is 21.2 Å². The van der Waals surface area contributed by atoms with E-state index >= 15 is 0 Å². The maximum absolute atomic E-state index is 11.9. The summed E-state index contributed by atoms with van der Waals surface area (Å²) in [6.07, 6.45) is 3.21. The molecule has 0 aliphatic carbocycles. The van der Waals surface area contributed by atoms with Gasteiger partial charge in [0.15, 0.2) is 5.66 Å². The van der Waals surface area contributed by atoms with Gasteiger partial charge in [0, 0.05) is 22.7 Å². The quantitative estimate of drug-likeness (QED) is 0.195. The molecule has 0 amide bonds. The van der Waals surface area contributed by atoms with E-state index in [0.29, 0.717) is 44.7 Å². The van der Waals surface area contributed by atoms with Crippen LogP contribution in [0.1, 0.15) is 21.5 Å². The maximum Gasteiger partial charge on any atom is 0.337 e. The number of sulfonamides is 1. The Morgan fingerprint density at radius 1 is 0.907 bits per heavy atom. The molecule has 4 aromatic carbocycles. The summed E-state index contributed by atoms with van der Waals surface area (Å²) >= 11 is 12.6. The number of aliphatic imine (C=N–C) groups is 2. The van der Waals surface area contributed by atoms with Gasteiger partial charge in [0.05, 0.1) is 35.9 Å². The minimum atomic E-state index is -3.34. The van der Waals surface area contributed by atoms with E-state index in [1.54, 1.807) is 48.7 Å². The molecule has 8 nitrogen and oxygen atoms in total. The van der Waals surface area contributed by atoms with Crippen molar-refractivity contribution in [3.05, 3.63) is 118 Å². The lowest BCUT2D eigenvalue weighted by molar-refractivity contribution is 0.0600. The Morgan fingerprint density at radius 3 is 2.16 bits per heavy atom. The first kappa shape index (κ1) is 30.3. The van der Waals surface area contributed by atoms with E-state index in [1.165, 1.54) is 7.11 Å². The van der Waals surface area contributed by atoms with E-state index in [1.807, 2.05) is 48.5 Å². The number of rotatable bonds is 10. The predicted octanol–water partition coefficient (Wildman–Crippen LogP) is 6.71. The van der Waals surface area contributed by atoms with Gasteiger partial charge < -0.3 is 9.47 Å². The standard InChI is InChI=1S/C32H27Cl2N3O5S/c1-41-31(38)24-5-3-21(4-6-24)18-32(35-19-30(36-32)28-16-11-25(33)17-29(28)34)20-42-27-14-9-23(10-15-27)22-7-12-26(13-8-22)37-43(2,39)40/h3-17,19,37H,18,20H2,1-2H3. The van der Waals surface area contributed by atoms with Gasteiger partial charge in [0.2, 0.25) is 10.0 Å². The zero-order chi connectivity index (χ0) is 30.6. The summed E-state index contributed by atoms with van der Waals surface area (Å²) in [6.45, 7) is 0.141. The lowest BCUT2D eigenvalue weighted by Crippen LogP contribution is -2.33. The Labute approximate surface area is 260 Å². The fourth-order valence-corrected chi connectivity index (χ4v) is 5.66. The zero-order valence-corrected chi connectivity index (χ0v) is 25.6. The van der Waals surface area contributed by atoms with Crippen LogP contribution in [0.5, 0.6) is 5.75 Å². The van der Waals surface area contributed by atoms with Crippen molar-refractivity contribution < 1.29 is 22.7 Å². The highest BCUT2D eigenvalue weighted by Crippen LogP contribution is 2.31. The molecule has 0 aromatic heterocycles. The molecule has 43 heavy (non-hydrogen) atoms. The van der Waals surface area contributed by atoms with Crippen LogP contribution in [0.3, 0.4) is 0 Å². The van der Waals surface area contributed by atoms with Crippen LogP contribution in [0.2, 0.25) is 10.0 Å². The third-order valence-electron chi connectivity index (χ3n) is 6.67. The van der Waals surface area contributed by atoms with Crippen molar-refractivity contribution in [1.29, 1.82) is 0 Å². The molecule has 1 heterocycles. The van der Waals surface area contributed by atoms with Crippen LogP contribution < -0.4 is 9.46 Å². The van der Waals surface area contributed by atoms with Gasteiger partial charge in [-0.15, -0.1) is 0 Å². The molecule has 1 aliphatic heterocycles. The van der Waals surface area contributed by atoms with Gasteiger partial charge >= 0.3 is 5.97 Å². The molecule has 220 valence electrons. The molecule has 0 bridgehead atoms. The van der Waals surface area contributed by atoms with Gasteiger partial charge in [-0.3, -0.25) is 9.71 Å². The SMILES string of the molecule is COC(=O)c1ccc(CC2(COc3ccc(-c4ccc(NS(C)(=O)=O)cc4)cc3)N=CC(c3ccc(Cl)cc3Cl)=N2)cc1. The smallest absolute Gasteiger partial charge is 0.337 e. The summed E-state index contributed by atoms with van der Waals surface area (Å²) in [5, 5.41) is 0.988. The fraction of sp³-hybridized carbons (Fsp3) is 0.156. The number of nitrogens with zero attached hydrogens (tertiary/aromatic N) is 2. The molecule has 11 heteroatoms. The van der Waals surface area contributed by atoms with Gasteiger partial charge in [0.25, 0.3) is 0 Å². The molecule has 4 aromatic rings. The van der Waals surface area contributed by atoms with Gasteiger partial charge in [-0.2, -0.15) is 0 Å². The lowest BCUT2D eigenvalue weighted by Gasteiger charge is -2.24. The van der Waals surface area contributed by atoms with Crippen molar-refractivity contribution >= 4 is 56.8 Å². The highest BCUT2D eigenvalue weighted by atomic mass is 35.5. The van der Waals surface area contributed by atoms with Gasteiger partial charge in [-0.05, 0) is 71.3 Å². The van der Waals surface area contributed by atoms with Crippen molar-refractivity contribution in [1.82, 2.24) is 0 Å². The Balaban J connectivity index is 1.36. The van der Waals surface area contributed by atoms with Gasteiger partial charge in [-0.25, -0.2) is 18.2 Å². The summed E-state index contributed by atoms with van der Waals surface area (Å²) < 4.78 is 36.4. The minimum absolute atomic E-state index is 0.141. The number of hydrogen-bond donors (Lipinski definition) is 1. The van der Waals surface area contributed by atoms with E-state index in [9.17, 15) is 13.2 Å². The van der Waals surface area contributed by atoms with E-state index in [0.717, 1.165) is 22.9 Å². The van der Waals surface area contributed by atoms with Crippen molar-refractivity contribution in [3.8, 4) is 16.9 Å². The van der Waals surface area contributed by atoms with E-state index in [-0.39, 0.29) is 6.61 Å². The first-order valence-corrected chi connectivity index (χ1v) is 15.8. The average molecular weight is 637 g/mol. The third kappa shape index (κ3) is 7.62. The van der Waals surface area contributed by atoms with Crippen LogP contribution in [0.15, 0.2) is 101 Å². The number of hydrogen-bond acceptors (Lipinski definition) is 7. The molecule has 0 saturated heterocycles. The zero-order valence-electron chi connectivity index (χ0n) is 23.3. The Morgan fingerprint density at radius 2 is 1.56 bits per heavy atom. The van der Waals surface area contributed by atoms with Crippen LogP contribution in [0, 0.1) is 0 Å². The molecule has 1 aliphatic rings. The monoisotopic (exact) mass is 635 g/mol. The number of carbonyl (C=O) groups is 1. The first-order chi connectivity index (χ1) is 20.5. The number of carbonyl (C=O) groups excluding carboxylic acids is 1. The van der Waals surface area contributed by atoms with Crippen molar-refractivity contribution in [2.75, 3.05) is 24.7 Å². The number of ether oxygens (including phenoxy) is 2. The maximum atomic E-state index is 11.9. The number of halogens is 2. The minimum Gasteiger partial charge on any atom is -0.489 e. The van der Waals surface area contributed by atoms with Crippen LogP contribution in [0.4, 0.5) is 5.69 Å². The summed E-state index contributed by atoms with van der Waals surface area (Å²) in [5.74, 6) is 0.217. The summed E-state index contributed by atoms with van der Waals surface area (Å²) in [7, 11) is -2.00. The van der Waals surface area contributed by atoms with Crippen molar-refractivity contribution in [2.45, 2.75) is 12.1 Å². The number of nitrogens with one attached hydrogen (secondary N) is 1. The molecule has 1 N–H and O–H groups in total. The van der Waals surface area contributed by atoms with Crippen molar-refractivity contribution in [3.63, 3.8) is 0 Å². The first-order valence-electron chi connectivity index (χ1n) is 13.1. The number of anilines is 1. The second-order valence-corrected chi connectivity index (χ2v) is 12.6. The lowest BCUT2D eigenvalue weighted by atomic mass is 10.00. The van der Waals surface area contributed by atoms with Crippen molar-refractivity contribution in [2.24, 2.45) is 9.98 Å². The molecule has 1 atom stereocenters. The predicted molar refractivity (Wildman–Crippen MR) is 172 cm³/mol. The molecule has 0 saturated carbocycles. The largest absolute Gasteiger partial charge is 0.489 e. The summed E-state index contributed by atoms with van der Waals surface area (Å²) in [4.78, 5) is 21.6. The third-order valence-corrected chi connectivity index (χ3v) is 7.83. The van der Waals surface area contributed by atoms with Crippen LogP contribution in [-0.4, -0.2) is 51.9 Å². The summed E-state index contributed by atoms with van der Waals surface area (Å²) in [6, 6.07) is 27.0. The Bertz CT molecular complexity index is 1810. The molecule has 1 unspecified atom stereocenters. The molecular formula is C32H27Cl2N3O5S. The molecular weight excluding hydrogens is 609 g/mol. The van der Waals surface area contributed by atoms with Gasteiger partial charge in [0.1, 0.15) is 12.4 Å². The molecule has 0 spiro atoms. The number of methoxy groups -OCH3 is 1. The Hall–Kier alpha value is -4.18. The van der Waals surface area contributed by atoms with Gasteiger partial charge in [-0.1, -0.05) is 59.6 Å². The highest BCUT2D eigenvalue weighted by Gasteiger charge is 2.34. The Kier molecular flexibility index (Phi) is 8.87. The number of esters is 1. The summed E-state index contributed by atoms with van der Waals surface area (Å²) in [5.41, 5.74) is 4.05. The highest BCUT2D eigenvalue weighted by molar-refractivity contribution is 7.92. The normalized spacial score (nSPS) is 16.0. The van der Waals surface area contributed by atoms with Crippen LogP contribution in [0.25, 0.3) is 11.1 Å². The fourth-order valence-electron chi connectivity index (χ4n) is 4.59. The van der Waals surface area contributed by atoms with Crippen LogP contribution >= 0.6 is 23.2 Å². The molecule has 0 radical (unpaired) electrons.